The molecule has 1 atom stereocenters. The summed E-state index contributed by atoms with van der Waals surface area (Å²) in [6.45, 7) is 3.04. The van der Waals surface area contributed by atoms with Crippen molar-refractivity contribution in [3.05, 3.63) is 59.4 Å². The summed E-state index contributed by atoms with van der Waals surface area (Å²) in [4.78, 5) is 15.5. The second kappa shape index (κ2) is 6.17. The molecule has 6 heteroatoms. The summed E-state index contributed by atoms with van der Waals surface area (Å²) in [5.41, 5.74) is 0.106. The fourth-order valence-corrected chi connectivity index (χ4v) is 2.08. The summed E-state index contributed by atoms with van der Waals surface area (Å²) in [5.74, 6) is -0.712. The lowest BCUT2D eigenvalue weighted by Crippen LogP contribution is -2.19. The van der Waals surface area contributed by atoms with E-state index in [1.54, 1.807) is 6.92 Å². The molecule has 3 nitrogen and oxygen atoms in total. The molecule has 22 heavy (non-hydrogen) atoms. The Morgan fingerprint density at radius 1 is 1.23 bits per heavy atom. The zero-order valence-corrected chi connectivity index (χ0v) is 12.1. The minimum absolute atomic E-state index is 0.0299. The highest BCUT2D eigenvalue weighted by Crippen LogP contribution is 2.31. The smallest absolute Gasteiger partial charge is 0.324 e. The van der Waals surface area contributed by atoms with E-state index >= 15 is 0 Å². The molecule has 0 aliphatic rings. The molecule has 1 heterocycles. The Bertz CT molecular complexity index is 669. The number of rotatable bonds is 3. The van der Waals surface area contributed by atoms with E-state index in [2.05, 4.69) is 10.3 Å². The van der Waals surface area contributed by atoms with E-state index < -0.39 is 17.8 Å². The van der Waals surface area contributed by atoms with E-state index in [9.17, 15) is 18.0 Å². The van der Waals surface area contributed by atoms with Crippen LogP contribution in [0.5, 0.6) is 0 Å². The van der Waals surface area contributed by atoms with Crippen LogP contribution in [0.15, 0.2) is 42.6 Å². The molecule has 0 saturated heterocycles. The van der Waals surface area contributed by atoms with E-state index in [0.29, 0.717) is 0 Å². The monoisotopic (exact) mass is 308 g/mol. The van der Waals surface area contributed by atoms with Gasteiger partial charge in [0.1, 0.15) is 5.69 Å². The molecule has 0 saturated carbocycles. The molecule has 0 spiro atoms. The number of halogens is 3. The molecule has 1 N–H and O–H groups in total. The third-order valence-corrected chi connectivity index (χ3v) is 3.31. The standard InChI is InChI=1S/C16H15F3N2O/c1-10-8-13(9-20-14(10)16(17,18)19)21-15(22)11(2)12-6-4-3-5-7-12/h3-9,11H,1-2H3,(H,21,22)/t11-/m1/s1. The number of carbonyl (C=O) groups is 1. The van der Waals surface area contributed by atoms with Crippen LogP contribution in [-0.4, -0.2) is 10.9 Å². The van der Waals surface area contributed by atoms with Crippen molar-refractivity contribution < 1.29 is 18.0 Å². The minimum atomic E-state index is -4.50. The van der Waals surface area contributed by atoms with E-state index in [4.69, 9.17) is 0 Å². The van der Waals surface area contributed by atoms with Gasteiger partial charge in [-0.2, -0.15) is 13.2 Å². The predicted octanol–water partition coefficient (Wildman–Crippen LogP) is 4.15. The Labute approximate surface area is 126 Å². The first-order chi connectivity index (χ1) is 10.3. The van der Waals surface area contributed by atoms with Crippen molar-refractivity contribution in [3.8, 4) is 0 Å². The van der Waals surface area contributed by atoms with E-state index in [-0.39, 0.29) is 17.2 Å². The lowest BCUT2D eigenvalue weighted by Gasteiger charge is -2.14. The van der Waals surface area contributed by atoms with Crippen molar-refractivity contribution in [3.63, 3.8) is 0 Å². The van der Waals surface area contributed by atoms with Crippen LogP contribution in [0.4, 0.5) is 18.9 Å². The number of alkyl halides is 3. The lowest BCUT2D eigenvalue weighted by molar-refractivity contribution is -0.141. The molecular weight excluding hydrogens is 293 g/mol. The third kappa shape index (κ3) is 3.63. The Kier molecular flexibility index (Phi) is 4.49. The number of benzene rings is 1. The minimum Gasteiger partial charge on any atom is -0.324 e. The van der Waals surface area contributed by atoms with Gasteiger partial charge in [0.25, 0.3) is 0 Å². The van der Waals surface area contributed by atoms with Crippen LogP contribution < -0.4 is 5.32 Å². The summed E-state index contributed by atoms with van der Waals surface area (Å²) in [7, 11) is 0. The zero-order valence-electron chi connectivity index (χ0n) is 12.1. The molecule has 0 radical (unpaired) electrons. The van der Waals surface area contributed by atoms with Crippen LogP contribution in [0.1, 0.15) is 29.7 Å². The van der Waals surface area contributed by atoms with Crippen molar-refractivity contribution >= 4 is 11.6 Å². The molecule has 0 aliphatic carbocycles. The summed E-state index contributed by atoms with van der Waals surface area (Å²) in [5, 5.41) is 2.59. The third-order valence-electron chi connectivity index (χ3n) is 3.31. The average Bonchev–Trinajstić information content (AvgIpc) is 2.46. The molecule has 2 aromatic rings. The number of amides is 1. The first-order valence-electron chi connectivity index (χ1n) is 6.68. The molecule has 116 valence electrons. The van der Waals surface area contributed by atoms with Gasteiger partial charge >= 0.3 is 6.18 Å². The van der Waals surface area contributed by atoms with Crippen LogP contribution >= 0.6 is 0 Å². The number of carbonyl (C=O) groups excluding carboxylic acids is 1. The molecule has 1 amide bonds. The van der Waals surface area contributed by atoms with Crippen LogP contribution in [0.25, 0.3) is 0 Å². The first kappa shape index (κ1) is 16.0. The second-order valence-electron chi connectivity index (χ2n) is 5.01. The largest absolute Gasteiger partial charge is 0.433 e. The van der Waals surface area contributed by atoms with Gasteiger partial charge in [0.2, 0.25) is 5.91 Å². The maximum atomic E-state index is 12.6. The predicted molar refractivity (Wildman–Crippen MR) is 77.5 cm³/mol. The summed E-state index contributed by atoms with van der Waals surface area (Å²) in [6, 6.07) is 10.4. The Morgan fingerprint density at radius 2 is 1.86 bits per heavy atom. The maximum absolute atomic E-state index is 12.6. The molecule has 0 unspecified atom stereocenters. The molecule has 1 aromatic heterocycles. The van der Waals surface area contributed by atoms with Gasteiger partial charge in [-0.15, -0.1) is 0 Å². The summed E-state index contributed by atoms with van der Waals surface area (Å²) in [6.07, 6.45) is -3.48. The lowest BCUT2D eigenvalue weighted by atomic mass is 10.0. The van der Waals surface area contributed by atoms with Crippen LogP contribution in [0.3, 0.4) is 0 Å². The molecular formula is C16H15F3N2O. The summed E-state index contributed by atoms with van der Waals surface area (Å²) < 4.78 is 37.9. The number of pyridine rings is 1. The second-order valence-corrected chi connectivity index (χ2v) is 5.01. The van der Waals surface area contributed by atoms with Crippen LogP contribution in [-0.2, 0) is 11.0 Å². The quantitative estimate of drug-likeness (QED) is 0.925. The molecule has 0 aliphatic heterocycles. The molecule has 0 fully saturated rings. The number of hydrogen-bond donors (Lipinski definition) is 1. The maximum Gasteiger partial charge on any atom is 0.433 e. The van der Waals surface area contributed by atoms with Gasteiger partial charge in [0.05, 0.1) is 17.8 Å². The molecule has 1 aromatic carbocycles. The van der Waals surface area contributed by atoms with Crippen molar-refractivity contribution in [2.24, 2.45) is 0 Å². The first-order valence-corrected chi connectivity index (χ1v) is 6.68. The van der Waals surface area contributed by atoms with Gasteiger partial charge in [-0.3, -0.25) is 4.79 Å². The summed E-state index contributed by atoms with van der Waals surface area (Å²) >= 11 is 0. The highest BCUT2D eigenvalue weighted by molar-refractivity contribution is 5.95. The fraction of sp³-hybridized carbons (Fsp3) is 0.250. The zero-order chi connectivity index (χ0) is 16.3. The van der Waals surface area contributed by atoms with Crippen LogP contribution in [0, 0.1) is 6.92 Å². The van der Waals surface area contributed by atoms with E-state index in [0.717, 1.165) is 11.8 Å². The SMILES string of the molecule is Cc1cc(NC(=O)[C@H](C)c2ccccc2)cnc1C(F)(F)F. The van der Waals surface area contributed by atoms with E-state index in [1.165, 1.54) is 13.0 Å². The topological polar surface area (TPSA) is 42.0 Å². The van der Waals surface area contributed by atoms with Gasteiger partial charge in [-0.05, 0) is 31.0 Å². The Morgan fingerprint density at radius 3 is 2.41 bits per heavy atom. The van der Waals surface area contributed by atoms with Crippen molar-refractivity contribution in [2.45, 2.75) is 25.9 Å². The van der Waals surface area contributed by atoms with Gasteiger partial charge in [0, 0.05) is 0 Å². The van der Waals surface area contributed by atoms with Gasteiger partial charge < -0.3 is 5.32 Å². The average molecular weight is 308 g/mol. The van der Waals surface area contributed by atoms with Gasteiger partial charge in [-0.25, -0.2) is 4.98 Å². The number of hydrogen-bond acceptors (Lipinski definition) is 2. The van der Waals surface area contributed by atoms with Crippen LogP contribution in [0.2, 0.25) is 0 Å². The van der Waals surface area contributed by atoms with Crippen molar-refractivity contribution in [2.75, 3.05) is 5.32 Å². The highest BCUT2D eigenvalue weighted by atomic mass is 19.4. The van der Waals surface area contributed by atoms with E-state index in [1.807, 2.05) is 30.3 Å². The highest BCUT2D eigenvalue weighted by Gasteiger charge is 2.34. The number of aryl methyl sites for hydroxylation is 1. The van der Waals surface area contributed by atoms with Crippen molar-refractivity contribution in [1.29, 1.82) is 0 Å². The Balaban J connectivity index is 2.14. The van der Waals surface area contributed by atoms with Gasteiger partial charge in [0.15, 0.2) is 0 Å². The van der Waals surface area contributed by atoms with Gasteiger partial charge in [-0.1, -0.05) is 30.3 Å². The number of anilines is 1. The Hall–Kier alpha value is -2.37. The normalized spacial score (nSPS) is 12.8. The van der Waals surface area contributed by atoms with Crippen molar-refractivity contribution in [1.82, 2.24) is 4.98 Å². The number of nitrogens with zero attached hydrogens (tertiary/aromatic N) is 1. The molecule has 0 bridgehead atoms. The number of aromatic nitrogens is 1. The molecule has 2 rings (SSSR count). The number of nitrogens with one attached hydrogen (secondary N) is 1. The fourth-order valence-electron chi connectivity index (χ4n) is 2.08.